The van der Waals surface area contributed by atoms with Gasteiger partial charge in [-0.2, -0.15) is 0 Å². The van der Waals surface area contributed by atoms with E-state index in [-0.39, 0.29) is 21.7 Å². The van der Waals surface area contributed by atoms with Crippen molar-refractivity contribution in [1.29, 1.82) is 0 Å². The quantitative estimate of drug-likeness (QED) is 0.0369. The van der Waals surface area contributed by atoms with Gasteiger partial charge in [0, 0.05) is 21.7 Å². The molecule has 0 N–H and O–H groups in total. The summed E-state index contributed by atoms with van der Waals surface area (Å²) in [5, 5.41) is 5.54. The molecule has 4 aliphatic carbocycles. The number of hydrogen-bond donors (Lipinski definition) is 0. The third-order valence-electron chi connectivity index (χ3n) is 23.9. The Kier molecular flexibility index (Phi) is 19.4. The zero-order valence-electron chi connectivity index (χ0n) is 58.2. The highest BCUT2D eigenvalue weighted by atomic mass is 14.5. The lowest BCUT2D eigenvalue weighted by Gasteiger charge is -2.35. The minimum absolute atomic E-state index is 0.0850. The van der Waals surface area contributed by atoms with Crippen LogP contribution < -0.4 is 0 Å². The van der Waals surface area contributed by atoms with E-state index in [1.165, 1.54) is 281 Å². The maximum Gasteiger partial charge on any atom is 0.0215 e. The fraction of sp³-hybridized carbons (Fsp3) is 0.457. The smallest absolute Gasteiger partial charge is 0.0215 e. The summed E-state index contributed by atoms with van der Waals surface area (Å²) in [6.07, 6.45) is 39.3. The first kappa shape index (κ1) is 64.2. The molecule has 0 unspecified atom stereocenters. The molecule has 0 heterocycles. The zero-order chi connectivity index (χ0) is 63.5. The number of hydrogen-bond acceptors (Lipinski definition) is 0. The van der Waals surface area contributed by atoms with E-state index in [0.717, 1.165) is 0 Å². The Labute approximate surface area is 556 Å². The van der Waals surface area contributed by atoms with Crippen LogP contribution in [0.25, 0.3) is 88.3 Å². The largest absolute Gasteiger partial charge is 0.0654 e. The van der Waals surface area contributed by atoms with Gasteiger partial charge in [-0.05, 0) is 207 Å². The lowest BCUT2D eigenvalue weighted by Crippen LogP contribution is -2.27. The lowest BCUT2D eigenvalue weighted by molar-refractivity contribution is 0.394. The standard InChI is InChI=1S/C92H110/c1-9-13-17-21-25-29-43-55-92(56-44-30-26-22-18-14-10-2)82-62-75-73-59-79-77(87-69-51-39-37-49-67(69)71(57-85(87)89(79,5)6)65-45-33-31-34-46-65)63-83(73)91(53-41-27-23-19-15-11-3,54-42-28-24-20-16-12-4)81(75)61-76(82)74-60-80-78(64-84(74)92)88-70-52-40-38-50-68(70)72(58-86(88)90(80,7)8)66-47-35-32-36-48-66/h31-40,45-52,57-64H,9-30,41-44,53-56H2,1-8H3. The Morgan fingerprint density at radius 2 is 0.457 bits per heavy atom. The van der Waals surface area contributed by atoms with Crippen molar-refractivity contribution in [3.8, 4) is 66.8 Å². The van der Waals surface area contributed by atoms with E-state index in [1.54, 1.807) is 44.5 Å². The molecule has 0 radical (unpaired) electrons. The van der Waals surface area contributed by atoms with Gasteiger partial charge in [-0.15, -0.1) is 0 Å². The Morgan fingerprint density at radius 1 is 0.217 bits per heavy atom. The Hall–Kier alpha value is -6.50. The van der Waals surface area contributed by atoms with Crippen LogP contribution in [-0.2, 0) is 21.7 Å². The van der Waals surface area contributed by atoms with Gasteiger partial charge in [0.1, 0.15) is 0 Å². The molecule has 478 valence electrons. The van der Waals surface area contributed by atoms with E-state index in [1.807, 2.05) is 0 Å². The fourth-order valence-corrected chi connectivity index (χ4v) is 18.8. The molecule has 4 aliphatic rings. The second-order valence-electron chi connectivity index (χ2n) is 30.5. The summed E-state index contributed by atoms with van der Waals surface area (Å²) in [4.78, 5) is 0. The number of benzene rings is 9. The van der Waals surface area contributed by atoms with Crippen LogP contribution in [0.3, 0.4) is 0 Å². The summed E-state index contributed by atoms with van der Waals surface area (Å²) in [6.45, 7) is 19.7. The van der Waals surface area contributed by atoms with Gasteiger partial charge >= 0.3 is 0 Å². The van der Waals surface area contributed by atoms with Gasteiger partial charge < -0.3 is 0 Å². The second kappa shape index (κ2) is 27.8. The van der Waals surface area contributed by atoms with Gasteiger partial charge in [0.2, 0.25) is 0 Å². The van der Waals surface area contributed by atoms with Gasteiger partial charge in [0.15, 0.2) is 0 Å². The maximum absolute atomic E-state index is 2.94. The maximum atomic E-state index is 2.94. The van der Waals surface area contributed by atoms with Crippen molar-refractivity contribution in [2.75, 3.05) is 0 Å². The van der Waals surface area contributed by atoms with Crippen LogP contribution in [0.1, 0.15) is 293 Å². The second-order valence-corrected chi connectivity index (χ2v) is 30.5. The van der Waals surface area contributed by atoms with Gasteiger partial charge in [0.05, 0.1) is 0 Å². The van der Waals surface area contributed by atoms with Crippen molar-refractivity contribution < 1.29 is 0 Å². The van der Waals surface area contributed by atoms with Gasteiger partial charge in [-0.1, -0.05) is 332 Å². The topological polar surface area (TPSA) is 0 Å². The van der Waals surface area contributed by atoms with Gasteiger partial charge in [0.25, 0.3) is 0 Å². The zero-order valence-corrected chi connectivity index (χ0v) is 58.2. The number of unbranched alkanes of at least 4 members (excludes halogenated alkanes) is 22. The molecule has 0 fully saturated rings. The normalized spacial score (nSPS) is 15.3. The van der Waals surface area contributed by atoms with E-state index < -0.39 is 0 Å². The molecular formula is C92H110. The molecule has 9 aromatic carbocycles. The molecule has 0 aliphatic heterocycles. The van der Waals surface area contributed by atoms with E-state index in [2.05, 4.69) is 213 Å². The van der Waals surface area contributed by atoms with Crippen molar-refractivity contribution in [3.05, 3.63) is 202 Å². The van der Waals surface area contributed by atoms with Crippen molar-refractivity contribution in [2.45, 2.75) is 270 Å². The fourth-order valence-electron chi connectivity index (χ4n) is 18.8. The van der Waals surface area contributed by atoms with Crippen molar-refractivity contribution in [3.63, 3.8) is 0 Å². The molecular weight excluding hydrogens is 1110 g/mol. The first-order valence-corrected chi connectivity index (χ1v) is 37.8. The number of rotatable bonds is 32. The summed E-state index contributed by atoms with van der Waals surface area (Å²) in [5.74, 6) is 0. The average Bonchev–Trinajstić information content (AvgIpc) is 1.52. The summed E-state index contributed by atoms with van der Waals surface area (Å²) in [5.41, 5.74) is 29.6. The molecule has 0 spiro atoms. The van der Waals surface area contributed by atoms with Crippen LogP contribution in [0.4, 0.5) is 0 Å². The number of fused-ring (bicyclic) bond motifs is 16. The van der Waals surface area contributed by atoms with Crippen LogP contribution in [0.15, 0.2) is 158 Å². The monoisotopic (exact) mass is 1210 g/mol. The van der Waals surface area contributed by atoms with Gasteiger partial charge in [-0.3, -0.25) is 0 Å². The molecule has 0 atom stereocenters. The summed E-state index contributed by atoms with van der Waals surface area (Å²) < 4.78 is 0. The third-order valence-corrected chi connectivity index (χ3v) is 23.9. The molecule has 92 heavy (non-hydrogen) atoms. The SMILES string of the molecule is CCCCCCCCCC1(CCCCCCCCC)c2cc3c(cc2-c2cc4c(cc21)-c1cc2c(cc1C4(CCCCCCCC)CCCCCCCC)-c1c(cc(-c4ccccc4)c4ccccc14)C2(C)C)C(C)(C)c1cc(-c2ccccc2)c2ccccc2c1-3. The molecule has 13 rings (SSSR count). The van der Waals surface area contributed by atoms with Crippen molar-refractivity contribution >= 4 is 21.5 Å². The minimum atomic E-state index is -0.183. The van der Waals surface area contributed by atoms with E-state index in [9.17, 15) is 0 Å². The van der Waals surface area contributed by atoms with Crippen molar-refractivity contribution in [1.82, 2.24) is 0 Å². The van der Waals surface area contributed by atoms with Crippen molar-refractivity contribution in [2.24, 2.45) is 0 Å². The van der Waals surface area contributed by atoms with E-state index >= 15 is 0 Å². The molecule has 0 bridgehead atoms. The average molecular weight is 1220 g/mol. The molecule has 0 nitrogen and oxygen atoms in total. The first-order valence-electron chi connectivity index (χ1n) is 37.8. The highest BCUT2D eigenvalue weighted by molar-refractivity contribution is 6.11. The highest BCUT2D eigenvalue weighted by Gasteiger charge is 2.51. The van der Waals surface area contributed by atoms with Gasteiger partial charge in [-0.25, -0.2) is 0 Å². The summed E-state index contributed by atoms with van der Waals surface area (Å²) in [6, 6.07) is 63.8. The van der Waals surface area contributed by atoms with Crippen LogP contribution in [0, 0.1) is 0 Å². The van der Waals surface area contributed by atoms with Crippen LogP contribution in [0.5, 0.6) is 0 Å². The minimum Gasteiger partial charge on any atom is -0.0654 e. The summed E-state index contributed by atoms with van der Waals surface area (Å²) >= 11 is 0. The molecule has 0 heteroatoms. The van der Waals surface area contributed by atoms with Crippen LogP contribution >= 0.6 is 0 Å². The van der Waals surface area contributed by atoms with E-state index in [0.29, 0.717) is 0 Å². The molecule has 0 saturated heterocycles. The summed E-state index contributed by atoms with van der Waals surface area (Å²) in [7, 11) is 0. The predicted octanol–water partition coefficient (Wildman–Crippen LogP) is 28.3. The van der Waals surface area contributed by atoms with Crippen LogP contribution in [0.2, 0.25) is 0 Å². The predicted molar refractivity (Wildman–Crippen MR) is 401 cm³/mol. The molecule has 0 aromatic heterocycles. The van der Waals surface area contributed by atoms with E-state index in [4.69, 9.17) is 0 Å². The Balaban J connectivity index is 1.04. The molecule has 0 saturated carbocycles. The lowest BCUT2D eigenvalue weighted by atomic mass is 9.68. The Bertz CT molecular complexity index is 4010. The molecule has 0 amide bonds. The highest BCUT2D eigenvalue weighted by Crippen LogP contribution is 2.66. The Morgan fingerprint density at radius 3 is 0.761 bits per heavy atom. The van der Waals surface area contributed by atoms with Crippen LogP contribution in [-0.4, -0.2) is 0 Å². The molecule has 9 aromatic rings. The third kappa shape index (κ3) is 11.6. The first-order chi connectivity index (χ1) is 45.0.